The molecule has 0 saturated heterocycles. The molecule has 0 aromatic heterocycles. The second kappa shape index (κ2) is 29.6. The molecule has 1 aromatic carbocycles. The molecule has 0 bridgehead atoms. The molecule has 0 radical (unpaired) electrons. The molecule has 0 fully saturated rings. The SMILES string of the molecule is CCCCCCCCCCCCCCc1cccc(SC(N)=S)c1CCCCCCCCCCCCCC.[Zn]. The summed E-state index contributed by atoms with van der Waals surface area (Å²) in [5, 5.41) is 0. The molecule has 39 heavy (non-hydrogen) atoms. The number of thioether (sulfide) groups is 1. The van der Waals surface area contributed by atoms with Crippen LogP contribution in [0.25, 0.3) is 0 Å². The van der Waals surface area contributed by atoms with E-state index in [0.29, 0.717) is 4.32 Å². The number of hydrogen-bond acceptors (Lipinski definition) is 2. The maximum Gasteiger partial charge on any atom is 0.136 e. The van der Waals surface area contributed by atoms with Gasteiger partial charge in [-0.1, -0.05) is 191 Å². The summed E-state index contributed by atoms with van der Waals surface area (Å²) in [5.74, 6) is 0. The standard InChI is InChI=1S/C35H63NS2.Zn/c1-3-5-7-9-11-13-15-17-19-21-23-25-28-32-29-27-31-34(38-35(36)37)33(32)30-26-24-22-20-18-16-14-12-10-8-6-4-2;/h27,29,31H,3-26,28,30H2,1-2H3,(H2,36,37);. The third-order valence-corrected chi connectivity index (χ3v) is 9.07. The Balaban J connectivity index is 0.0000144. The smallest absolute Gasteiger partial charge is 0.136 e. The number of rotatable bonds is 27. The van der Waals surface area contributed by atoms with E-state index in [0.717, 1.165) is 0 Å². The van der Waals surface area contributed by atoms with E-state index < -0.39 is 0 Å². The van der Waals surface area contributed by atoms with Crippen molar-refractivity contribution in [2.24, 2.45) is 5.73 Å². The summed E-state index contributed by atoms with van der Waals surface area (Å²) in [5.41, 5.74) is 9.00. The van der Waals surface area contributed by atoms with Crippen LogP contribution in [0.5, 0.6) is 0 Å². The van der Waals surface area contributed by atoms with Gasteiger partial charge in [-0.05, 0) is 42.9 Å². The van der Waals surface area contributed by atoms with Crippen molar-refractivity contribution in [1.29, 1.82) is 0 Å². The van der Waals surface area contributed by atoms with Gasteiger partial charge in [0.2, 0.25) is 0 Å². The first-order chi connectivity index (χ1) is 18.7. The Morgan fingerprint density at radius 2 is 0.923 bits per heavy atom. The maximum absolute atomic E-state index is 5.93. The molecule has 1 rings (SSSR count). The van der Waals surface area contributed by atoms with Crippen molar-refractivity contribution >= 4 is 28.3 Å². The molecule has 0 spiro atoms. The maximum atomic E-state index is 5.93. The van der Waals surface area contributed by atoms with Gasteiger partial charge in [-0.3, -0.25) is 0 Å². The third-order valence-electron chi connectivity index (χ3n) is 8.02. The van der Waals surface area contributed by atoms with Crippen molar-refractivity contribution in [3.63, 3.8) is 0 Å². The van der Waals surface area contributed by atoms with Crippen LogP contribution in [0.15, 0.2) is 23.1 Å². The van der Waals surface area contributed by atoms with Gasteiger partial charge in [-0.2, -0.15) is 0 Å². The van der Waals surface area contributed by atoms with Gasteiger partial charge in [-0.15, -0.1) is 0 Å². The van der Waals surface area contributed by atoms with Crippen LogP contribution in [0, 0.1) is 0 Å². The Kier molecular flexibility index (Phi) is 29.6. The van der Waals surface area contributed by atoms with Crippen molar-refractivity contribution in [2.45, 2.75) is 186 Å². The van der Waals surface area contributed by atoms with E-state index in [4.69, 9.17) is 18.0 Å². The Morgan fingerprint density at radius 3 is 1.31 bits per heavy atom. The van der Waals surface area contributed by atoms with Gasteiger partial charge in [0.25, 0.3) is 0 Å². The number of thiocarbonyl (C=S) groups is 1. The molecule has 0 aliphatic rings. The van der Waals surface area contributed by atoms with Gasteiger partial charge in [0.05, 0.1) is 0 Å². The quantitative estimate of drug-likeness (QED) is 0.0455. The fourth-order valence-electron chi connectivity index (χ4n) is 5.63. The summed E-state index contributed by atoms with van der Waals surface area (Å²) in [6.45, 7) is 4.59. The van der Waals surface area contributed by atoms with Crippen molar-refractivity contribution in [3.05, 3.63) is 29.3 Å². The van der Waals surface area contributed by atoms with Gasteiger partial charge < -0.3 is 5.73 Å². The van der Waals surface area contributed by atoms with Crippen LogP contribution < -0.4 is 5.73 Å². The van der Waals surface area contributed by atoms with E-state index in [1.807, 2.05) is 0 Å². The first-order valence-electron chi connectivity index (χ1n) is 16.8. The van der Waals surface area contributed by atoms with E-state index in [-0.39, 0.29) is 19.5 Å². The molecule has 0 amide bonds. The first kappa shape index (κ1) is 39.1. The average Bonchev–Trinajstić information content (AvgIpc) is 2.90. The van der Waals surface area contributed by atoms with Crippen LogP contribution >= 0.6 is 24.0 Å². The minimum atomic E-state index is 0. The van der Waals surface area contributed by atoms with Crippen LogP contribution in [-0.2, 0) is 32.3 Å². The van der Waals surface area contributed by atoms with Crippen molar-refractivity contribution < 1.29 is 19.5 Å². The van der Waals surface area contributed by atoms with Gasteiger partial charge >= 0.3 is 0 Å². The third kappa shape index (κ3) is 23.3. The Labute approximate surface area is 267 Å². The topological polar surface area (TPSA) is 26.0 Å². The van der Waals surface area contributed by atoms with Crippen molar-refractivity contribution in [1.82, 2.24) is 0 Å². The Hall–Kier alpha value is 0.0834. The molecule has 1 nitrogen and oxygen atoms in total. The fourth-order valence-corrected chi connectivity index (χ4v) is 6.62. The molecule has 0 atom stereocenters. The Morgan fingerprint density at radius 1 is 0.564 bits per heavy atom. The van der Waals surface area contributed by atoms with Crippen LogP contribution in [0.1, 0.15) is 179 Å². The zero-order valence-corrected chi connectivity index (χ0v) is 30.8. The van der Waals surface area contributed by atoms with E-state index in [1.165, 1.54) is 177 Å². The van der Waals surface area contributed by atoms with Crippen molar-refractivity contribution in [3.8, 4) is 0 Å². The van der Waals surface area contributed by atoms with Gasteiger partial charge in [-0.25, -0.2) is 0 Å². The van der Waals surface area contributed by atoms with Crippen LogP contribution in [0.3, 0.4) is 0 Å². The molecule has 1 aromatic rings. The summed E-state index contributed by atoms with van der Waals surface area (Å²) in [6.07, 6.45) is 36.1. The number of nitrogens with two attached hydrogens (primary N) is 1. The Bertz CT molecular complexity index is 679. The summed E-state index contributed by atoms with van der Waals surface area (Å²) in [6, 6.07) is 6.80. The molecule has 0 aliphatic carbocycles. The first-order valence-corrected chi connectivity index (χ1v) is 18.0. The van der Waals surface area contributed by atoms with Gasteiger partial charge in [0.15, 0.2) is 0 Å². The second-order valence-corrected chi connectivity index (χ2v) is 13.4. The number of unbranched alkanes of at least 4 members (excludes halogenated alkanes) is 22. The largest absolute Gasteiger partial charge is 0.384 e. The fraction of sp³-hybridized carbons (Fsp3) is 0.800. The summed E-state index contributed by atoms with van der Waals surface area (Å²) in [7, 11) is 0. The molecular formula is C35H63NS2Zn. The predicted molar refractivity (Wildman–Crippen MR) is 179 cm³/mol. The number of benzene rings is 1. The molecule has 222 valence electrons. The summed E-state index contributed by atoms with van der Waals surface area (Å²) < 4.78 is 0.545. The molecule has 0 aliphatic heterocycles. The van der Waals surface area contributed by atoms with E-state index in [9.17, 15) is 0 Å². The van der Waals surface area contributed by atoms with E-state index in [1.54, 1.807) is 17.3 Å². The number of aryl methyl sites for hydroxylation is 1. The zero-order valence-electron chi connectivity index (χ0n) is 26.2. The van der Waals surface area contributed by atoms with Gasteiger partial charge in [0, 0.05) is 24.4 Å². The molecule has 0 saturated carbocycles. The minimum absolute atomic E-state index is 0. The zero-order chi connectivity index (χ0) is 27.5. The van der Waals surface area contributed by atoms with Crippen LogP contribution in [0.2, 0.25) is 0 Å². The molecule has 0 heterocycles. The van der Waals surface area contributed by atoms with Crippen molar-refractivity contribution in [2.75, 3.05) is 0 Å². The predicted octanol–water partition coefficient (Wildman–Crippen LogP) is 12.5. The normalized spacial score (nSPS) is 11.0. The van der Waals surface area contributed by atoms with Crippen LogP contribution in [0.4, 0.5) is 0 Å². The second-order valence-electron chi connectivity index (χ2n) is 11.6. The van der Waals surface area contributed by atoms with E-state index in [2.05, 4.69) is 32.0 Å². The monoisotopic (exact) mass is 625 g/mol. The van der Waals surface area contributed by atoms with E-state index >= 15 is 0 Å². The molecule has 0 unspecified atom stereocenters. The molecule has 4 heteroatoms. The number of hydrogen-bond donors (Lipinski definition) is 1. The van der Waals surface area contributed by atoms with Gasteiger partial charge in [0.1, 0.15) is 4.32 Å². The van der Waals surface area contributed by atoms with Crippen LogP contribution in [-0.4, -0.2) is 4.32 Å². The molecule has 2 N–H and O–H groups in total. The summed E-state index contributed by atoms with van der Waals surface area (Å²) >= 11 is 6.84. The summed E-state index contributed by atoms with van der Waals surface area (Å²) in [4.78, 5) is 1.30. The average molecular weight is 627 g/mol. The molecular weight excluding hydrogens is 564 g/mol. The minimum Gasteiger partial charge on any atom is -0.384 e.